The zero-order chi connectivity index (χ0) is 13.7. The third-order valence-electron chi connectivity index (χ3n) is 2.73. The molecule has 98 valence electrons. The first-order valence-electron chi connectivity index (χ1n) is 5.86. The van der Waals surface area contributed by atoms with Gasteiger partial charge in [-0.2, -0.15) is 0 Å². The number of non-ortho nitro benzene ring substituents is 1. The minimum absolute atomic E-state index is 0.00461. The summed E-state index contributed by atoms with van der Waals surface area (Å²) in [6.07, 6.45) is 0. The first-order chi connectivity index (χ1) is 9.19. The lowest BCUT2D eigenvalue weighted by Crippen LogP contribution is -2.00. The van der Waals surface area contributed by atoms with Crippen molar-refractivity contribution < 1.29 is 10.0 Å². The lowest BCUT2D eigenvalue weighted by molar-refractivity contribution is -0.384. The molecule has 0 aliphatic rings. The largest absolute Gasteiger partial charge is 0.392 e. The van der Waals surface area contributed by atoms with Crippen LogP contribution in [-0.4, -0.2) is 10.0 Å². The molecule has 5 heteroatoms. The minimum atomic E-state index is -0.419. The van der Waals surface area contributed by atoms with Crippen molar-refractivity contribution in [3.63, 3.8) is 0 Å². The highest BCUT2D eigenvalue weighted by Crippen LogP contribution is 2.18. The normalized spacial score (nSPS) is 10.2. The maximum atomic E-state index is 10.7. The Balaban J connectivity index is 2.05. The zero-order valence-corrected chi connectivity index (χ0v) is 10.2. The molecule has 0 aliphatic carbocycles. The number of nitrogens with zero attached hydrogens (tertiary/aromatic N) is 1. The van der Waals surface area contributed by atoms with Crippen LogP contribution in [0.1, 0.15) is 11.1 Å². The fourth-order valence-electron chi connectivity index (χ4n) is 1.77. The Morgan fingerprint density at radius 3 is 2.58 bits per heavy atom. The maximum absolute atomic E-state index is 10.7. The molecule has 0 unspecified atom stereocenters. The topological polar surface area (TPSA) is 75.4 Å². The van der Waals surface area contributed by atoms with Crippen LogP contribution >= 0.6 is 0 Å². The summed E-state index contributed by atoms with van der Waals surface area (Å²) in [6, 6.07) is 13.9. The summed E-state index contributed by atoms with van der Waals surface area (Å²) in [5.74, 6) is 0. The van der Waals surface area contributed by atoms with Crippen LogP contribution < -0.4 is 5.32 Å². The SMILES string of the molecule is O=[N+]([O-])c1cccc(NCc2cccc(CO)c2)c1. The van der Waals surface area contributed by atoms with Gasteiger partial charge in [0.2, 0.25) is 0 Å². The van der Waals surface area contributed by atoms with Gasteiger partial charge in [0, 0.05) is 24.4 Å². The smallest absolute Gasteiger partial charge is 0.271 e. The van der Waals surface area contributed by atoms with Crippen LogP contribution in [0.5, 0.6) is 0 Å². The van der Waals surface area contributed by atoms with Gasteiger partial charge in [0.05, 0.1) is 11.5 Å². The molecular weight excluding hydrogens is 244 g/mol. The van der Waals surface area contributed by atoms with Crippen molar-refractivity contribution in [1.82, 2.24) is 0 Å². The molecule has 2 aromatic carbocycles. The Labute approximate surface area is 110 Å². The number of aliphatic hydroxyl groups excluding tert-OH is 1. The number of nitro benzene ring substituents is 1. The van der Waals surface area contributed by atoms with E-state index in [2.05, 4.69) is 5.32 Å². The van der Waals surface area contributed by atoms with Gasteiger partial charge in [-0.25, -0.2) is 0 Å². The van der Waals surface area contributed by atoms with Crippen molar-refractivity contribution in [2.45, 2.75) is 13.2 Å². The molecule has 0 bridgehead atoms. The van der Waals surface area contributed by atoms with Crippen molar-refractivity contribution in [2.75, 3.05) is 5.32 Å². The van der Waals surface area contributed by atoms with E-state index in [1.807, 2.05) is 24.3 Å². The van der Waals surface area contributed by atoms with Crippen LogP contribution in [0.3, 0.4) is 0 Å². The van der Waals surface area contributed by atoms with Gasteiger partial charge in [0.15, 0.2) is 0 Å². The quantitative estimate of drug-likeness (QED) is 0.638. The van der Waals surface area contributed by atoms with E-state index in [1.54, 1.807) is 12.1 Å². The maximum Gasteiger partial charge on any atom is 0.271 e. The molecule has 0 saturated carbocycles. The predicted molar refractivity (Wildman–Crippen MR) is 72.8 cm³/mol. The lowest BCUT2D eigenvalue weighted by Gasteiger charge is -2.07. The molecule has 0 saturated heterocycles. The third-order valence-corrected chi connectivity index (χ3v) is 2.73. The van der Waals surface area contributed by atoms with Gasteiger partial charge in [-0.05, 0) is 17.2 Å². The van der Waals surface area contributed by atoms with Crippen molar-refractivity contribution >= 4 is 11.4 Å². The number of nitrogens with one attached hydrogen (secondary N) is 1. The summed E-state index contributed by atoms with van der Waals surface area (Å²) in [7, 11) is 0. The second kappa shape index (κ2) is 5.97. The summed E-state index contributed by atoms with van der Waals surface area (Å²) >= 11 is 0. The number of anilines is 1. The highest BCUT2D eigenvalue weighted by molar-refractivity contribution is 5.51. The number of rotatable bonds is 5. The summed E-state index contributed by atoms with van der Waals surface area (Å²) in [4.78, 5) is 10.2. The van der Waals surface area contributed by atoms with Gasteiger partial charge >= 0.3 is 0 Å². The highest BCUT2D eigenvalue weighted by Gasteiger charge is 2.05. The Bertz CT molecular complexity index is 584. The first-order valence-corrected chi connectivity index (χ1v) is 5.86. The van der Waals surface area contributed by atoms with Gasteiger partial charge in [-0.3, -0.25) is 10.1 Å². The monoisotopic (exact) mass is 258 g/mol. The second-order valence-electron chi connectivity index (χ2n) is 4.14. The van der Waals surface area contributed by atoms with Gasteiger partial charge in [-0.15, -0.1) is 0 Å². The second-order valence-corrected chi connectivity index (χ2v) is 4.14. The van der Waals surface area contributed by atoms with Crippen LogP contribution in [0.25, 0.3) is 0 Å². The van der Waals surface area contributed by atoms with E-state index in [1.165, 1.54) is 12.1 Å². The van der Waals surface area contributed by atoms with Crippen molar-refractivity contribution in [3.05, 3.63) is 69.8 Å². The number of hydrogen-bond donors (Lipinski definition) is 2. The molecule has 0 amide bonds. The van der Waals surface area contributed by atoms with Gasteiger partial charge in [0.1, 0.15) is 0 Å². The molecule has 5 nitrogen and oxygen atoms in total. The van der Waals surface area contributed by atoms with Crippen molar-refractivity contribution in [3.8, 4) is 0 Å². The van der Waals surface area contributed by atoms with E-state index in [-0.39, 0.29) is 12.3 Å². The van der Waals surface area contributed by atoms with Crippen molar-refractivity contribution in [1.29, 1.82) is 0 Å². The van der Waals surface area contributed by atoms with E-state index >= 15 is 0 Å². The molecule has 0 aliphatic heterocycles. The van der Waals surface area contributed by atoms with Crippen LogP contribution in [0, 0.1) is 10.1 Å². The van der Waals surface area contributed by atoms with Gasteiger partial charge < -0.3 is 10.4 Å². The average molecular weight is 258 g/mol. The van der Waals surface area contributed by atoms with E-state index in [9.17, 15) is 10.1 Å². The van der Waals surface area contributed by atoms with Crippen LogP contribution in [0.15, 0.2) is 48.5 Å². The first kappa shape index (κ1) is 13.0. The molecule has 19 heavy (non-hydrogen) atoms. The summed E-state index contributed by atoms with van der Waals surface area (Å²) in [6.45, 7) is 0.555. The standard InChI is InChI=1S/C14H14N2O3/c17-10-12-4-1-3-11(7-12)9-15-13-5-2-6-14(8-13)16(18)19/h1-8,15,17H,9-10H2. The van der Waals surface area contributed by atoms with E-state index < -0.39 is 4.92 Å². The molecule has 0 spiro atoms. The number of nitro groups is 1. The lowest BCUT2D eigenvalue weighted by atomic mass is 10.1. The molecule has 0 radical (unpaired) electrons. The zero-order valence-electron chi connectivity index (χ0n) is 10.2. The molecule has 2 rings (SSSR count). The van der Waals surface area contributed by atoms with E-state index in [0.717, 1.165) is 11.1 Å². The Morgan fingerprint density at radius 2 is 1.84 bits per heavy atom. The number of hydrogen-bond acceptors (Lipinski definition) is 4. The summed E-state index contributed by atoms with van der Waals surface area (Å²) in [5, 5.41) is 22.8. The average Bonchev–Trinajstić information content (AvgIpc) is 2.45. The summed E-state index contributed by atoms with van der Waals surface area (Å²) in [5.41, 5.74) is 2.62. The summed E-state index contributed by atoms with van der Waals surface area (Å²) < 4.78 is 0. The minimum Gasteiger partial charge on any atom is -0.392 e. The third kappa shape index (κ3) is 3.53. The molecule has 2 aromatic rings. The predicted octanol–water partition coefficient (Wildman–Crippen LogP) is 2.70. The molecule has 2 N–H and O–H groups in total. The van der Waals surface area contributed by atoms with Crippen LogP contribution in [0.2, 0.25) is 0 Å². The van der Waals surface area contributed by atoms with E-state index in [4.69, 9.17) is 5.11 Å². The fraction of sp³-hybridized carbons (Fsp3) is 0.143. The molecule has 0 heterocycles. The van der Waals surface area contributed by atoms with E-state index in [0.29, 0.717) is 12.2 Å². The van der Waals surface area contributed by atoms with Crippen molar-refractivity contribution in [2.24, 2.45) is 0 Å². The molecule has 0 fully saturated rings. The van der Waals surface area contributed by atoms with Gasteiger partial charge in [0.25, 0.3) is 5.69 Å². The van der Waals surface area contributed by atoms with Crippen LogP contribution in [-0.2, 0) is 13.2 Å². The molecular formula is C14H14N2O3. The molecule has 0 aromatic heterocycles. The fourth-order valence-corrected chi connectivity index (χ4v) is 1.77. The highest BCUT2D eigenvalue weighted by atomic mass is 16.6. The number of aliphatic hydroxyl groups is 1. The Hall–Kier alpha value is -2.40. The van der Waals surface area contributed by atoms with Crippen LogP contribution in [0.4, 0.5) is 11.4 Å². The Morgan fingerprint density at radius 1 is 1.11 bits per heavy atom. The van der Waals surface area contributed by atoms with Gasteiger partial charge in [-0.1, -0.05) is 30.3 Å². The Kier molecular flexibility index (Phi) is 4.10. The number of benzene rings is 2. The molecule has 0 atom stereocenters.